The van der Waals surface area contributed by atoms with E-state index in [0.717, 1.165) is 17.9 Å². The van der Waals surface area contributed by atoms with Crippen LogP contribution in [0.1, 0.15) is 37.5 Å². The van der Waals surface area contributed by atoms with Gasteiger partial charge in [-0.05, 0) is 46.5 Å². The molecule has 29 heavy (non-hydrogen) atoms. The highest BCUT2D eigenvalue weighted by Crippen LogP contribution is 2.24. The van der Waals surface area contributed by atoms with Crippen LogP contribution in [0.25, 0.3) is 0 Å². The van der Waals surface area contributed by atoms with E-state index >= 15 is 0 Å². The van der Waals surface area contributed by atoms with Gasteiger partial charge in [-0.1, -0.05) is 51.1 Å². The SMILES string of the molecule is CC(C)(C)c1ccc(CN(Cc2ccc(N(O)S(C)(=O)=O)c(F)c2)C(N)=S)cc1. The van der Waals surface area contributed by atoms with Gasteiger partial charge in [0.05, 0.1) is 6.26 Å². The van der Waals surface area contributed by atoms with Gasteiger partial charge in [-0.25, -0.2) is 12.8 Å². The smallest absolute Gasteiger partial charge is 0.254 e. The quantitative estimate of drug-likeness (QED) is 0.529. The zero-order valence-electron chi connectivity index (χ0n) is 16.9. The Hall–Kier alpha value is -2.23. The zero-order valence-corrected chi connectivity index (χ0v) is 18.5. The van der Waals surface area contributed by atoms with E-state index in [1.165, 1.54) is 17.7 Å². The summed E-state index contributed by atoms with van der Waals surface area (Å²) in [6.45, 7) is 7.09. The molecule has 2 aromatic rings. The second-order valence-corrected chi connectivity index (χ2v) is 10.2. The molecule has 0 saturated carbocycles. The first-order valence-corrected chi connectivity index (χ1v) is 11.2. The summed E-state index contributed by atoms with van der Waals surface area (Å²) in [4.78, 5) is 1.71. The lowest BCUT2D eigenvalue weighted by Crippen LogP contribution is -2.34. The summed E-state index contributed by atoms with van der Waals surface area (Å²) < 4.78 is 37.0. The fraction of sp³-hybridized carbons (Fsp3) is 0.350. The van der Waals surface area contributed by atoms with Gasteiger partial charge in [0.2, 0.25) is 0 Å². The molecule has 0 bridgehead atoms. The van der Waals surface area contributed by atoms with Gasteiger partial charge in [-0.3, -0.25) is 5.21 Å². The van der Waals surface area contributed by atoms with Crippen molar-refractivity contribution >= 4 is 33.0 Å². The summed E-state index contributed by atoms with van der Waals surface area (Å²) >= 11 is 5.13. The molecule has 0 amide bonds. The molecule has 3 N–H and O–H groups in total. The van der Waals surface area contributed by atoms with E-state index < -0.39 is 21.5 Å². The van der Waals surface area contributed by atoms with E-state index in [0.29, 0.717) is 12.1 Å². The summed E-state index contributed by atoms with van der Waals surface area (Å²) in [7, 11) is -3.98. The van der Waals surface area contributed by atoms with Crippen molar-refractivity contribution in [2.75, 3.05) is 10.7 Å². The lowest BCUT2D eigenvalue weighted by atomic mass is 9.87. The molecule has 2 rings (SSSR count). The average Bonchev–Trinajstić information content (AvgIpc) is 2.59. The van der Waals surface area contributed by atoms with Crippen molar-refractivity contribution in [2.24, 2.45) is 5.73 Å². The van der Waals surface area contributed by atoms with Crippen LogP contribution in [0.15, 0.2) is 42.5 Å². The second kappa shape index (κ2) is 8.64. The molecule has 0 aliphatic rings. The second-order valence-electron chi connectivity index (χ2n) is 7.93. The number of nitrogens with two attached hydrogens (primary N) is 1. The molecule has 0 heterocycles. The standard InChI is InChI=1S/C20H26FN3O3S2/c1-20(2,3)16-8-5-14(6-9-16)12-23(19(22)28)13-15-7-10-18(17(21)11-15)24(25)29(4,26)27/h5-11,25H,12-13H2,1-4H3,(H2,22,28). The predicted molar refractivity (Wildman–Crippen MR) is 117 cm³/mol. The maximum Gasteiger partial charge on any atom is 0.254 e. The molecule has 0 spiro atoms. The molecule has 2 aromatic carbocycles. The van der Waals surface area contributed by atoms with E-state index in [2.05, 4.69) is 32.9 Å². The summed E-state index contributed by atoms with van der Waals surface area (Å²) in [6.07, 6.45) is 0.778. The summed E-state index contributed by atoms with van der Waals surface area (Å²) in [5.41, 5.74) is 8.19. The topological polar surface area (TPSA) is 86.9 Å². The maximum absolute atomic E-state index is 14.3. The van der Waals surface area contributed by atoms with Gasteiger partial charge in [0.1, 0.15) is 11.5 Å². The number of thiocarbonyl (C=S) groups is 1. The van der Waals surface area contributed by atoms with E-state index in [1.807, 2.05) is 12.1 Å². The third kappa shape index (κ3) is 6.12. The fourth-order valence-corrected chi connectivity index (χ4v) is 3.38. The molecule has 0 aliphatic carbocycles. The largest absolute Gasteiger partial charge is 0.376 e. The minimum absolute atomic E-state index is 0.0488. The van der Waals surface area contributed by atoms with Crippen molar-refractivity contribution in [3.05, 3.63) is 65.0 Å². The van der Waals surface area contributed by atoms with Crippen molar-refractivity contribution in [1.82, 2.24) is 4.90 Å². The third-order valence-corrected chi connectivity index (χ3v) is 5.49. The molecule has 0 saturated heterocycles. The number of nitrogens with zero attached hydrogens (tertiary/aromatic N) is 2. The Morgan fingerprint density at radius 3 is 2.07 bits per heavy atom. The van der Waals surface area contributed by atoms with E-state index in [1.54, 1.807) is 4.90 Å². The summed E-state index contributed by atoms with van der Waals surface area (Å²) in [6, 6.07) is 12.0. The molecule has 0 aromatic heterocycles. The van der Waals surface area contributed by atoms with E-state index in [-0.39, 0.29) is 21.5 Å². The number of rotatable bonds is 6. The number of sulfonamides is 1. The van der Waals surface area contributed by atoms with Crippen LogP contribution in [0.3, 0.4) is 0 Å². The number of hydrogen-bond acceptors (Lipinski definition) is 4. The fourth-order valence-electron chi connectivity index (χ4n) is 2.75. The first kappa shape index (κ1) is 23.1. The van der Waals surface area contributed by atoms with Gasteiger partial charge in [-0.15, -0.1) is 4.47 Å². The van der Waals surface area contributed by atoms with Crippen molar-refractivity contribution in [1.29, 1.82) is 0 Å². The number of benzene rings is 2. The van der Waals surface area contributed by atoms with Crippen LogP contribution in [0.4, 0.5) is 10.1 Å². The van der Waals surface area contributed by atoms with Crippen LogP contribution in [0, 0.1) is 5.82 Å². The van der Waals surface area contributed by atoms with Gasteiger partial charge < -0.3 is 10.6 Å². The van der Waals surface area contributed by atoms with Gasteiger partial charge >= 0.3 is 0 Å². The van der Waals surface area contributed by atoms with E-state index in [9.17, 15) is 18.0 Å². The van der Waals surface area contributed by atoms with Crippen molar-refractivity contribution in [3.63, 3.8) is 0 Å². The van der Waals surface area contributed by atoms with Crippen LogP contribution < -0.4 is 10.2 Å². The van der Waals surface area contributed by atoms with Gasteiger partial charge in [0.15, 0.2) is 5.11 Å². The first-order valence-electron chi connectivity index (χ1n) is 8.90. The molecule has 0 fully saturated rings. The monoisotopic (exact) mass is 439 g/mol. The van der Waals surface area contributed by atoms with Crippen LogP contribution in [-0.4, -0.2) is 29.9 Å². The average molecular weight is 440 g/mol. The Bertz CT molecular complexity index is 987. The Balaban J connectivity index is 2.19. The number of halogens is 1. The molecular formula is C20H26FN3O3S2. The normalized spacial score (nSPS) is 11.9. The molecule has 0 unspecified atom stereocenters. The number of anilines is 1. The van der Waals surface area contributed by atoms with Crippen LogP contribution in [0.5, 0.6) is 0 Å². The maximum atomic E-state index is 14.3. The molecule has 9 heteroatoms. The van der Waals surface area contributed by atoms with E-state index in [4.69, 9.17) is 18.0 Å². The summed E-state index contributed by atoms with van der Waals surface area (Å²) in [5.74, 6) is -0.868. The van der Waals surface area contributed by atoms with Gasteiger partial charge in [-0.2, -0.15) is 0 Å². The van der Waals surface area contributed by atoms with Crippen molar-refractivity contribution < 1.29 is 18.0 Å². The van der Waals surface area contributed by atoms with Crippen LogP contribution in [-0.2, 0) is 28.5 Å². The minimum Gasteiger partial charge on any atom is -0.376 e. The Labute approximate surface area is 176 Å². The molecule has 0 aliphatic heterocycles. The first-order chi connectivity index (χ1) is 13.3. The molecular weight excluding hydrogens is 413 g/mol. The van der Waals surface area contributed by atoms with Crippen molar-refractivity contribution in [2.45, 2.75) is 39.3 Å². The molecule has 6 nitrogen and oxygen atoms in total. The van der Waals surface area contributed by atoms with Crippen LogP contribution in [0.2, 0.25) is 0 Å². The Morgan fingerprint density at radius 2 is 1.62 bits per heavy atom. The Morgan fingerprint density at radius 1 is 1.10 bits per heavy atom. The van der Waals surface area contributed by atoms with Gasteiger partial charge in [0.25, 0.3) is 10.0 Å². The van der Waals surface area contributed by atoms with Crippen LogP contribution >= 0.6 is 12.2 Å². The highest BCUT2D eigenvalue weighted by atomic mass is 32.2. The highest BCUT2D eigenvalue weighted by molar-refractivity contribution is 7.91. The lowest BCUT2D eigenvalue weighted by Gasteiger charge is -2.24. The van der Waals surface area contributed by atoms with Gasteiger partial charge in [0, 0.05) is 13.1 Å². The van der Waals surface area contributed by atoms with Crippen molar-refractivity contribution in [3.8, 4) is 0 Å². The zero-order chi connectivity index (χ0) is 22.0. The third-order valence-electron chi connectivity index (χ3n) is 4.41. The lowest BCUT2D eigenvalue weighted by molar-refractivity contribution is 0.313. The number of hydrogen-bond donors (Lipinski definition) is 2. The Kier molecular flexibility index (Phi) is 6.87. The molecule has 0 radical (unpaired) electrons. The highest BCUT2D eigenvalue weighted by Gasteiger charge is 2.20. The molecule has 0 atom stereocenters. The molecule has 158 valence electrons. The minimum atomic E-state index is -3.98. The summed E-state index contributed by atoms with van der Waals surface area (Å²) in [5, 5.41) is 9.79. The predicted octanol–water partition coefficient (Wildman–Crippen LogP) is 3.52.